The van der Waals surface area contributed by atoms with Gasteiger partial charge >= 0.3 is 0 Å². The second-order valence-electron chi connectivity index (χ2n) is 6.41. The topological polar surface area (TPSA) is 58.6 Å². The minimum absolute atomic E-state index is 0.139. The Morgan fingerprint density at radius 1 is 1.41 bits per heavy atom. The normalized spacial score (nSPS) is 20.5. The Morgan fingerprint density at radius 3 is 2.77 bits per heavy atom. The van der Waals surface area contributed by atoms with Crippen molar-refractivity contribution in [3.63, 3.8) is 0 Å². The predicted molar refractivity (Wildman–Crippen MR) is 79.9 cm³/mol. The predicted octanol–water partition coefficient (Wildman–Crippen LogP) is 1.76. The van der Waals surface area contributed by atoms with Crippen molar-refractivity contribution in [3.05, 3.63) is 35.6 Å². The summed E-state index contributed by atoms with van der Waals surface area (Å²) in [5.74, 6) is 0.0971. The Labute approximate surface area is 129 Å². The molecule has 1 amide bonds. The van der Waals surface area contributed by atoms with Gasteiger partial charge in [0.05, 0.1) is 18.1 Å². The average Bonchev–Trinajstić information content (AvgIpc) is 3.39. The third kappa shape index (κ3) is 3.47. The Kier molecular flexibility index (Phi) is 4.45. The zero-order valence-electron chi connectivity index (χ0n) is 12.6. The molecule has 0 spiro atoms. The molecule has 0 aliphatic heterocycles. The highest BCUT2D eigenvalue weighted by Crippen LogP contribution is 2.49. The number of hydrogen-bond donors (Lipinski definition) is 2. The minimum atomic E-state index is -0.750. The van der Waals surface area contributed by atoms with E-state index < -0.39 is 11.5 Å². The number of amides is 1. The number of ether oxygens (including phenoxy) is 1. The monoisotopic (exact) mass is 307 g/mol. The van der Waals surface area contributed by atoms with Crippen LogP contribution in [0.15, 0.2) is 24.3 Å². The van der Waals surface area contributed by atoms with Crippen LogP contribution in [0.3, 0.4) is 0 Å². The van der Waals surface area contributed by atoms with Gasteiger partial charge in [-0.2, -0.15) is 0 Å². The molecule has 0 heterocycles. The van der Waals surface area contributed by atoms with Gasteiger partial charge in [0.2, 0.25) is 5.91 Å². The summed E-state index contributed by atoms with van der Waals surface area (Å²) in [5.41, 5.74) is -0.299. The van der Waals surface area contributed by atoms with Crippen LogP contribution in [-0.4, -0.2) is 36.9 Å². The molecule has 5 heteroatoms. The number of carbonyl (C=O) groups excluding carboxylic acids is 1. The van der Waals surface area contributed by atoms with E-state index in [0.717, 1.165) is 0 Å². The van der Waals surface area contributed by atoms with Crippen molar-refractivity contribution in [1.29, 1.82) is 0 Å². The summed E-state index contributed by atoms with van der Waals surface area (Å²) >= 11 is 0. The molecule has 120 valence electrons. The SMILES string of the molecule is O=C(NCC(O)COCC1CC1)C1(c2ccccc2F)CC1. The zero-order valence-corrected chi connectivity index (χ0v) is 12.6. The quantitative estimate of drug-likeness (QED) is 0.769. The van der Waals surface area contributed by atoms with Gasteiger partial charge < -0.3 is 15.2 Å². The van der Waals surface area contributed by atoms with E-state index in [1.54, 1.807) is 18.2 Å². The maximum absolute atomic E-state index is 13.9. The van der Waals surface area contributed by atoms with Crippen molar-refractivity contribution in [1.82, 2.24) is 5.32 Å². The smallest absolute Gasteiger partial charge is 0.230 e. The summed E-state index contributed by atoms with van der Waals surface area (Å²) in [6, 6.07) is 6.40. The number of hydrogen-bond acceptors (Lipinski definition) is 3. The van der Waals surface area contributed by atoms with Crippen LogP contribution in [-0.2, 0) is 14.9 Å². The summed E-state index contributed by atoms with van der Waals surface area (Å²) in [7, 11) is 0. The Balaban J connectivity index is 1.48. The van der Waals surface area contributed by atoms with E-state index in [-0.39, 0.29) is 24.9 Å². The Morgan fingerprint density at radius 2 is 2.14 bits per heavy atom. The molecule has 1 aromatic carbocycles. The summed E-state index contributed by atoms with van der Waals surface area (Å²) in [5, 5.41) is 12.6. The lowest BCUT2D eigenvalue weighted by molar-refractivity contribution is -0.124. The van der Waals surface area contributed by atoms with Gasteiger partial charge in [-0.3, -0.25) is 4.79 Å². The lowest BCUT2D eigenvalue weighted by Crippen LogP contribution is -2.40. The molecule has 1 atom stereocenters. The molecular formula is C17H22FNO3. The number of aliphatic hydroxyl groups is 1. The number of rotatable bonds is 8. The summed E-state index contributed by atoms with van der Waals surface area (Å²) in [6.45, 7) is 1.05. The second kappa shape index (κ2) is 6.34. The van der Waals surface area contributed by atoms with Crippen LogP contribution in [0.4, 0.5) is 4.39 Å². The summed E-state index contributed by atoms with van der Waals surface area (Å²) < 4.78 is 19.3. The highest BCUT2D eigenvalue weighted by atomic mass is 19.1. The van der Waals surface area contributed by atoms with Crippen LogP contribution in [0, 0.1) is 11.7 Å². The second-order valence-corrected chi connectivity index (χ2v) is 6.41. The Bertz CT molecular complexity index is 540. The van der Waals surface area contributed by atoms with Gasteiger partial charge in [-0.1, -0.05) is 18.2 Å². The van der Waals surface area contributed by atoms with Crippen molar-refractivity contribution in [2.75, 3.05) is 19.8 Å². The number of benzene rings is 1. The first-order chi connectivity index (χ1) is 10.6. The molecule has 0 aromatic heterocycles. The van der Waals surface area contributed by atoms with Crippen LogP contribution in [0.2, 0.25) is 0 Å². The maximum Gasteiger partial charge on any atom is 0.230 e. The molecule has 0 radical (unpaired) electrons. The van der Waals surface area contributed by atoms with Gasteiger partial charge in [0.1, 0.15) is 5.82 Å². The third-order valence-corrected chi connectivity index (χ3v) is 4.43. The molecule has 22 heavy (non-hydrogen) atoms. The van der Waals surface area contributed by atoms with Gasteiger partial charge in [-0.05, 0) is 37.7 Å². The fourth-order valence-electron chi connectivity index (χ4n) is 2.69. The molecular weight excluding hydrogens is 285 g/mol. The van der Waals surface area contributed by atoms with Crippen molar-refractivity contribution in [2.45, 2.75) is 37.2 Å². The lowest BCUT2D eigenvalue weighted by atomic mass is 9.94. The van der Waals surface area contributed by atoms with Crippen molar-refractivity contribution >= 4 is 5.91 Å². The molecule has 2 fully saturated rings. The molecule has 4 nitrogen and oxygen atoms in total. The van der Waals surface area contributed by atoms with Gasteiger partial charge in [0.15, 0.2) is 0 Å². The van der Waals surface area contributed by atoms with Gasteiger partial charge in [-0.25, -0.2) is 4.39 Å². The van der Waals surface area contributed by atoms with Crippen LogP contribution in [0.5, 0.6) is 0 Å². The molecule has 2 aliphatic rings. The first-order valence-electron chi connectivity index (χ1n) is 7.91. The molecule has 1 aromatic rings. The Hall–Kier alpha value is -1.46. The van der Waals surface area contributed by atoms with E-state index in [0.29, 0.717) is 30.9 Å². The number of carbonyl (C=O) groups is 1. The average molecular weight is 307 g/mol. The number of nitrogens with one attached hydrogen (secondary N) is 1. The van der Waals surface area contributed by atoms with Crippen molar-refractivity contribution < 1.29 is 19.0 Å². The fraction of sp³-hybridized carbons (Fsp3) is 0.588. The number of aliphatic hydroxyl groups excluding tert-OH is 1. The van der Waals surface area contributed by atoms with E-state index in [9.17, 15) is 14.3 Å². The number of halogens is 1. The molecule has 0 saturated heterocycles. The molecule has 3 rings (SSSR count). The van der Waals surface area contributed by atoms with E-state index in [2.05, 4.69) is 5.32 Å². The first-order valence-corrected chi connectivity index (χ1v) is 7.91. The van der Waals surface area contributed by atoms with E-state index in [4.69, 9.17) is 4.74 Å². The fourth-order valence-corrected chi connectivity index (χ4v) is 2.69. The van der Waals surface area contributed by atoms with Crippen molar-refractivity contribution in [2.24, 2.45) is 5.92 Å². The molecule has 1 unspecified atom stereocenters. The van der Waals surface area contributed by atoms with Crippen LogP contribution in [0.1, 0.15) is 31.2 Å². The zero-order chi connectivity index (χ0) is 15.6. The third-order valence-electron chi connectivity index (χ3n) is 4.43. The maximum atomic E-state index is 13.9. The van der Waals surface area contributed by atoms with E-state index in [1.165, 1.54) is 18.9 Å². The van der Waals surface area contributed by atoms with Crippen LogP contribution >= 0.6 is 0 Å². The summed E-state index contributed by atoms with van der Waals surface area (Å²) in [6.07, 6.45) is 2.98. The van der Waals surface area contributed by atoms with Crippen LogP contribution in [0.25, 0.3) is 0 Å². The highest BCUT2D eigenvalue weighted by molar-refractivity contribution is 5.91. The molecule has 2 N–H and O–H groups in total. The van der Waals surface area contributed by atoms with Gasteiger partial charge in [0.25, 0.3) is 0 Å². The van der Waals surface area contributed by atoms with Crippen molar-refractivity contribution in [3.8, 4) is 0 Å². The molecule has 2 aliphatic carbocycles. The first kappa shape index (κ1) is 15.4. The summed E-state index contributed by atoms with van der Waals surface area (Å²) in [4.78, 5) is 12.3. The van der Waals surface area contributed by atoms with Crippen LogP contribution < -0.4 is 5.32 Å². The van der Waals surface area contributed by atoms with Gasteiger partial charge in [-0.15, -0.1) is 0 Å². The van der Waals surface area contributed by atoms with Gasteiger partial charge in [0, 0.05) is 18.7 Å². The van der Waals surface area contributed by atoms with E-state index >= 15 is 0 Å². The lowest BCUT2D eigenvalue weighted by Gasteiger charge is -2.18. The van der Waals surface area contributed by atoms with E-state index in [1.807, 2.05) is 0 Å². The molecule has 0 bridgehead atoms. The molecule has 2 saturated carbocycles. The standard InChI is InChI=1S/C17H22FNO3/c18-15-4-2-1-3-14(15)17(7-8-17)16(21)19-9-13(20)11-22-10-12-5-6-12/h1-4,12-13,20H,5-11H2,(H,19,21). The minimum Gasteiger partial charge on any atom is -0.389 e. The largest absolute Gasteiger partial charge is 0.389 e. The highest BCUT2D eigenvalue weighted by Gasteiger charge is 2.52.